The molecule has 2 aromatic heterocycles. The van der Waals surface area contributed by atoms with Crippen molar-refractivity contribution < 1.29 is 4.42 Å². The van der Waals surface area contributed by atoms with E-state index in [4.69, 9.17) is 4.42 Å². The standard InChI is InChI=1S/C19H30N2O2/c1-4-5-6-7-8-9-10-17-13-16-14-21(12-11-15(2)3)19(22)20-18(16)23-17/h13-15H,4-12H2,1-3H3. The highest BCUT2D eigenvalue weighted by Crippen LogP contribution is 2.18. The Hall–Kier alpha value is -1.58. The molecule has 0 amide bonds. The first-order valence-corrected chi connectivity index (χ1v) is 9.10. The lowest BCUT2D eigenvalue weighted by Crippen LogP contribution is -2.22. The van der Waals surface area contributed by atoms with Gasteiger partial charge in [-0.05, 0) is 24.8 Å². The van der Waals surface area contributed by atoms with Crippen molar-refractivity contribution in [3.05, 3.63) is 28.5 Å². The Morgan fingerprint density at radius 1 is 1.17 bits per heavy atom. The third-order valence-electron chi connectivity index (χ3n) is 4.25. The summed E-state index contributed by atoms with van der Waals surface area (Å²) in [6.45, 7) is 7.28. The summed E-state index contributed by atoms with van der Waals surface area (Å²) in [5.74, 6) is 1.52. The van der Waals surface area contributed by atoms with Crippen LogP contribution < -0.4 is 5.69 Å². The van der Waals surface area contributed by atoms with Crippen LogP contribution in [0.25, 0.3) is 11.1 Å². The van der Waals surface area contributed by atoms with Gasteiger partial charge >= 0.3 is 5.69 Å². The van der Waals surface area contributed by atoms with Crippen LogP contribution in [0.5, 0.6) is 0 Å². The van der Waals surface area contributed by atoms with Crippen LogP contribution in [0.15, 0.2) is 21.5 Å². The summed E-state index contributed by atoms with van der Waals surface area (Å²) < 4.78 is 7.43. The van der Waals surface area contributed by atoms with Crippen LogP contribution >= 0.6 is 0 Å². The van der Waals surface area contributed by atoms with Crippen LogP contribution in [-0.2, 0) is 13.0 Å². The van der Waals surface area contributed by atoms with Gasteiger partial charge in [-0.1, -0.05) is 52.9 Å². The second-order valence-electron chi connectivity index (χ2n) is 6.89. The van der Waals surface area contributed by atoms with E-state index in [0.29, 0.717) is 11.6 Å². The number of furan rings is 1. The second kappa shape index (κ2) is 8.90. The van der Waals surface area contributed by atoms with Crippen LogP contribution in [0.4, 0.5) is 0 Å². The molecule has 0 aliphatic heterocycles. The Kier molecular flexibility index (Phi) is 6.87. The molecule has 0 aliphatic carbocycles. The van der Waals surface area contributed by atoms with E-state index >= 15 is 0 Å². The smallest absolute Gasteiger partial charge is 0.350 e. The average molecular weight is 318 g/mol. The van der Waals surface area contributed by atoms with Gasteiger partial charge in [0, 0.05) is 19.2 Å². The molecule has 23 heavy (non-hydrogen) atoms. The molecule has 0 spiro atoms. The molecule has 0 N–H and O–H groups in total. The number of aromatic nitrogens is 2. The van der Waals surface area contributed by atoms with Gasteiger partial charge in [0.25, 0.3) is 0 Å². The van der Waals surface area contributed by atoms with E-state index in [2.05, 4.69) is 25.8 Å². The highest BCUT2D eigenvalue weighted by Gasteiger charge is 2.09. The molecule has 4 heteroatoms. The number of fused-ring (bicyclic) bond motifs is 1. The quantitative estimate of drug-likeness (QED) is 0.583. The molecule has 0 atom stereocenters. The molecule has 0 aliphatic rings. The van der Waals surface area contributed by atoms with E-state index in [9.17, 15) is 4.79 Å². The van der Waals surface area contributed by atoms with Crippen molar-refractivity contribution in [3.8, 4) is 0 Å². The zero-order valence-electron chi connectivity index (χ0n) is 14.8. The summed E-state index contributed by atoms with van der Waals surface area (Å²) in [6, 6.07) is 2.04. The first-order chi connectivity index (χ1) is 11.1. The number of nitrogens with zero attached hydrogens (tertiary/aromatic N) is 2. The molecule has 0 radical (unpaired) electrons. The van der Waals surface area contributed by atoms with Gasteiger partial charge in [0.05, 0.1) is 5.39 Å². The number of hydrogen-bond acceptors (Lipinski definition) is 3. The molecule has 128 valence electrons. The fourth-order valence-electron chi connectivity index (χ4n) is 2.76. The van der Waals surface area contributed by atoms with Gasteiger partial charge in [0.2, 0.25) is 5.71 Å². The molecule has 0 saturated heterocycles. The van der Waals surface area contributed by atoms with Crippen LogP contribution in [0, 0.1) is 5.92 Å². The monoisotopic (exact) mass is 318 g/mol. The summed E-state index contributed by atoms with van der Waals surface area (Å²) in [5, 5.41) is 0.939. The Morgan fingerprint density at radius 3 is 2.65 bits per heavy atom. The van der Waals surface area contributed by atoms with Crippen molar-refractivity contribution in [2.75, 3.05) is 0 Å². The Bertz CT molecular complexity index is 655. The molecule has 2 aromatic rings. The van der Waals surface area contributed by atoms with Crippen LogP contribution in [0.2, 0.25) is 0 Å². The first-order valence-electron chi connectivity index (χ1n) is 9.10. The zero-order valence-corrected chi connectivity index (χ0v) is 14.8. The van der Waals surface area contributed by atoms with Crippen molar-refractivity contribution in [2.45, 2.75) is 78.7 Å². The summed E-state index contributed by atoms with van der Waals surface area (Å²) in [4.78, 5) is 16.1. The Balaban J connectivity index is 1.94. The first kappa shape index (κ1) is 17.8. The van der Waals surface area contributed by atoms with Crippen molar-refractivity contribution in [2.24, 2.45) is 5.92 Å². The summed E-state index contributed by atoms with van der Waals surface area (Å²) in [5.41, 5.74) is 0.274. The highest BCUT2D eigenvalue weighted by atomic mass is 16.3. The fourth-order valence-corrected chi connectivity index (χ4v) is 2.76. The maximum absolute atomic E-state index is 12.0. The highest BCUT2D eigenvalue weighted by molar-refractivity contribution is 5.72. The van der Waals surface area contributed by atoms with E-state index in [1.807, 2.05) is 12.3 Å². The minimum Gasteiger partial charge on any atom is -0.443 e. The Labute approximate surface area is 138 Å². The van der Waals surface area contributed by atoms with Crippen molar-refractivity contribution >= 4 is 11.1 Å². The van der Waals surface area contributed by atoms with Crippen LogP contribution in [0.1, 0.15) is 71.5 Å². The second-order valence-corrected chi connectivity index (χ2v) is 6.89. The molecular weight excluding hydrogens is 288 g/mol. The van der Waals surface area contributed by atoms with Gasteiger partial charge in [-0.3, -0.25) is 4.57 Å². The molecule has 2 heterocycles. The molecule has 0 fully saturated rings. The SMILES string of the molecule is CCCCCCCCc1cc2cn(CCC(C)C)c(=O)nc2o1. The lowest BCUT2D eigenvalue weighted by molar-refractivity contribution is 0.495. The Morgan fingerprint density at radius 2 is 1.91 bits per heavy atom. The van der Waals surface area contributed by atoms with Crippen LogP contribution in [0.3, 0.4) is 0 Å². The molecule has 4 nitrogen and oxygen atoms in total. The molecular formula is C19H30N2O2. The predicted molar refractivity (Wildman–Crippen MR) is 94.8 cm³/mol. The van der Waals surface area contributed by atoms with Gasteiger partial charge < -0.3 is 4.42 Å². The third-order valence-corrected chi connectivity index (χ3v) is 4.25. The summed E-state index contributed by atoms with van der Waals surface area (Å²) >= 11 is 0. The predicted octanol–water partition coefficient (Wildman–Crippen LogP) is 4.94. The molecule has 0 aromatic carbocycles. The number of aryl methyl sites for hydroxylation is 2. The van der Waals surface area contributed by atoms with Gasteiger partial charge in [-0.15, -0.1) is 0 Å². The largest absolute Gasteiger partial charge is 0.443 e. The summed E-state index contributed by atoms with van der Waals surface area (Å²) in [7, 11) is 0. The van der Waals surface area contributed by atoms with Crippen molar-refractivity contribution in [1.82, 2.24) is 9.55 Å². The maximum atomic E-state index is 12.0. The van der Waals surface area contributed by atoms with E-state index in [1.54, 1.807) is 4.57 Å². The number of hydrogen-bond donors (Lipinski definition) is 0. The summed E-state index contributed by atoms with van der Waals surface area (Å²) in [6.07, 6.45) is 11.4. The fraction of sp³-hybridized carbons (Fsp3) is 0.684. The topological polar surface area (TPSA) is 48.0 Å². The lowest BCUT2D eigenvalue weighted by Gasteiger charge is -2.06. The van der Waals surface area contributed by atoms with E-state index in [-0.39, 0.29) is 5.69 Å². The third kappa shape index (κ3) is 5.52. The number of unbranched alkanes of at least 4 members (excludes halogenated alkanes) is 5. The molecule has 0 bridgehead atoms. The zero-order chi connectivity index (χ0) is 16.7. The van der Waals surface area contributed by atoms with Gasteiger partial charge in [0.15, 0.2) is 0 Å². The molecule has 2 rings (SSSR count). The van der Waals surface area contributed by atoms with Crippen molar-refractivity contribution in [3.63, 3.8) is 0 Å². The molecule has 0 saturated carbocycles. The molecule has 0 unspecified atom stereocenters. The van der Waals surface area contributed by atoms with Crippen molar-refractivity contribution in [1.29, 1.82) is 0 Å². The number of rotatable bonds is 10. The van der Waals surface area contributed by atoms with Crippen LogP contribution in [-0.4, -0.2) is 9.55 Å². The van der Waals surface area contributed by atoms with Gasteiger partial charge in [0.1, 0.15) is 5.76 Å². The van der Waals surface area contributed by atoms with Gasteiger partial charge in [-0.2, -0.15) is 4.98 Å². The van der Waals surface area contributed by atoms with E-state index in [0.717, 1.165) is 37.0 Å². The minimum absolute atomic E-state index is 0.210. The van der Waals surface area contributed by atoms with Gasteiger partial charge in [-0.25, -0.2) is 4.79 Å². The average Bonchev–Trinajstić information content (AvgIpc) is 2.89. The normalized spacial score (nSPS) is 11.7. The van der Waals surface area contributed by atoms with E-state index < -0.39 is 0 Å². The van der Waals surface area contributed by atoms with E-state index in [1.165, 1.54) is 32.1 Å². The lowest BCUT2D eigenvalue weighted by atomic mass is 10.1. The maximum Gasteiger partial charge on any atom is 0.350 e. The minimum atomic E-state index is -0.210.